The van der Waals surface area contributed by atoms with Gasteiger partial charge in [-0.2, -0.15) is 0 Å². The molecule has 5 heteroatoms. The number of hydrogen-bond acceptors (Lipinski definition) is 4. The van der Waals surface area contributed by atoms with Gasteiger partial charge in [-0.25, -0.2) is 9.97 Å². The van der Waals surface area contributed by atoms with Crippen LogP contribution in [0.3, 0.4) is 0 Å². The maximum atomic E-state index is 6.21. The summed E-state index contributed by atoms with van der Waals surface area (Å²) in [6.45, 7) is 5.64. The van der Waals surface area contributed by atoms with E-state index in [0.29, 0.717) is 11.1 Å². The molecule has 1 aliphatic rings. The van der Waals surface area contributed by atoms with E-state index in [2.05, 4.69) is 15.3 Å². The van der Waals surface area contributed by atoms with Crippen LogP contribution in [-0.2, 0) is 17.6 Å². The van der Waals surface area contributed by atoms with Crippen LogP contribution >= 0.6 is 11.6 Å². The van der Waals surface area contributed by atoms with Crippen molar-refractivity contribution < 1.29 is 4.74 Å². The van der Waals surface area contributed by atoms with E-state index in [-0.39, 0.29) is 6.10 Å². The minimum Gasteiger partial charge on any atom is -0.379 e. The lowest BCUT2D eigenvalue weighted by atomic mass is 9.97. The second-order valence-corrected chi connectivity index (χ2v) is 5.53. The van der Waals surface area contributed by atoms with Crippen LogP contribution in [0.1, 0.15) is 44.4 Å². The van der Waals surface area contributed by atoms with E-state index in [1.165, 1.54) is 12.8 Å². The van der Waals surface area contributed by atoms with Gasteiger partial charge in [-0.15, -0.1) is 0 Å². The number of fused-ring (bicyclic) bond motifs is 1. The third-order valence-electron chi connectivity index (χ3n) is 3.19. The Bertz CT molecular complexity index is 423. The van der Waals surface area contributed by atoms with Crippen molar-refractivity contribution in [3.63, 3.8) is 0 Å². The first-order valence-corrected chi connectivity index (χ1v) is 7.45. The normalized spacial score (nSPS) is 14.5. The van der Waals surface area contributed by atoms with Gasteiger partial charge in [0.1, 0.15) is 5.15 Å². The predicted octanol–water partition coefficient (Wildman–Crippen LogP) is 3.24. The summed E-state index contributed by atoms with van der Waals surface area (Å²) < 4.78 is 5.49. The molecule has 0 saturated heterocycles. The molecule has 0 aromatic carbocycles. The average Bonchev–Trinajstić information content (AvgIpc) is 2.38. The first-order valence-electron chi connectivity index (χ1n) is 7.07. The molecule has 0 bridgehead atoms. The molecule has 0 fully saturated rings. The molecule has 1 N–H and O–H groups in total. The third kappa shape index (κ3) is 4.32. The minimum atomic E-state index is 0.287. The fraction of sp³-hybridized carbons (Fsp3) is 0.714. The SMILES string of the molecule is CC(C)OCCCNc1nc(Cl)c2c(n1)CCCC2. The Hall–Kier alpha value is -0.870. The van der Waals surface area contributed by atoms with Crippen LogP contribution < -0.4 is 5.32 Å². The number of rotatable bonds is 6. The Kier molecular flexibility index (Phi) is 5.40. The van der Waals surface area contributed by atoms with Gasteiger partial charge in [-0.05, 0) is 46.0 Å². The van der Waals surface area contributed by atoms with Gasteiger partial charge < -0.3 is 10.1 Å². The zero-order chi connectivity index (χ0) is 13.7. The van der Waals surface area contributed by atoms with Crippen molar-refractivity contribution in [1.82, 2.24) is 9.97 Å². The van der Waals surface area contributed by atoms with Gasteiger partial charge in [-0.3, -0.25) is 0 Å². The van der Waals surface area contributed by atoms with Gasteiger partial charge in [-0.1, -0.05) is 11.6 Å². The highest BCUT2D eigenvalue weighted by Crippen LogP contribution is 2.26. The standard InChI is InChI=1S/C14H22ClN3O/c1-10(2)19-9-5-8-16-14-17-12-7-4-3-6-11(12)13(15)18-14/h10H,3-9H2,1-2H3,(H,16,17,18). The molecule has 2 rings (SSSR count). The summed E-state index contributed by atoms with van der Waals surface area (Å²) in [4.78, 5) is 8.88. The third-order valence-corrected chi connectivity index (χ3v) is 3.50. The largest absolute Gasteiger partial charge is 0.379 e. The summed E-state index contributed by atoms with van der Waals surface area (Å²) in [7, 11) is 0. The van der Waals surface area contributed by atoms with Gasteiger partial charge in [0.25, 0.3) is 0 Å². The summed E-state index contributed by atoms with van der Waals surface area (Å²) in [5, 5.41) is 3.84. The molecule has 19 heavy (non-hydrogen) atoms. The number of aryl methyl sites for hydroxylation is 1. The molecule has 1 aliphatic carbocycles. The minimum absolute atomic E-state index is 0.287. The number of halogens is 1. The molecule has 1 aromatic heterocycles. The van der Waals surface area contributed by atoms with Crippen LogP contribution in [0.25, 0.3) is 0 Å². The van der Waals surface area contributed by atoms with Crippen LogP contribution in [0, 0.1) is 0 Å². The highest BCUT2D eigenvalue weighted by molar-refractivity contribution is 6.30. The Morgan fingerprint density at radius 3 is 2.84 bits per heavy atom. The van der Waals surface area contributed by atoms with Crippen molar-refractivity contribution in [3.8, 4) is 0 Å². The van der Waals surface area contributed by atoms with Crippen LogP contribution in [0.4, 0.5) is 5.95 Å². The highest BCUT2D eigenvalue weighted by atomic mass is 35.5. The van der Waals surface area contributed by atoms with Crippen molar-refractivity contribution in [3.05, 3.63) is 16.4 Å². The van der Waals surface area contributed by atoms with E-state index in [1.54, 1.807) is 0 Å². The van der Waals surface area contributed by atoms with E-state index in [1.807, 2.05) is 13.8 Å². The van der Waals surface area contributed by atoms with Crippen molar-refractivity contribution in [1.29, 1.82) is 0 Å². The van der Waals surface area contributed by atoms with Crippen LogP contribution in [0.2, 0.25) is 5.15 Å². The van der Waals surface area contributed by atoms with Crippen molar-refractivity contribution in [2.45, 2.75) is 52.1 Å². The number of anilines is 1. The van der Waals surface area contributed by atoms with Crippen LogP contribution in [0.15, 0.2) is 0 Å². The van der Waals surface area contributed by atoms with E-state index in [0.717, 1.165) is 43.7 Å². The van der Waals surface area contributed by atoms with Gasteiger partial charge in [0.05, 0.1) is 11.8 Å². The molecule has 0 aliphatic heterocycles. The molecule has 0 spiro atoms. The highest BCUT2D eigenvalue weighted by Gasteiger charge is 2.16. The Morgan fingerprint density at radius 2 is 2.05 bits per heavy atom. The molecule has 106 valence electrons. The molecular weight excluding hydrogens is 262 g/mol. The van der Waals surface area contributed by atoms with Gasteiger partial charge >= 0.3 is 0 Å². The molecule has 0 atom stereocenters. The lowest BCUT2D eigenvalue weighted by molar-refractivity contribution is 0.0787. The maximum Gasteiger partial charge on any atom is 0.224 e. The zero-order valence-corrected chi connectivity index (χ0v) is 12.5. The summed E-state index contributed by atoms with van der Waals surface area (Å²) in [5.41, 5.74) is 2.26. The molecule has 1 heterocycles. The molecule has 0 saturated carbocycles. The summed E-state index contributed by atoms with van der Waals surface area (Å²) in [5.74, 6) is 0.648. The average molecular weight is 284 g/mol. The summed E-state index contributed by atoms with van der Waals surface area (Å²) >= 11 is 6.21. The number of nitrogens with one attached hydrogen (secondary N) is 1. The monoisotopic (exact) mass is 283 g/mol. The summed E-state index contributed by atoms with van der Waals surface area (Å²) in [6, 6.07) is 0. The van der Waals surface area contributed by atoms with Crippen molar-refractivity contribution in [2.24, 2.45) is 0 Å². The maximum absolute atomic E-state index is 6.21. The second-order valence-electron chi connectivity index (χ2n) is 5.17. The zero-order valence-electron chi connectivity index (χ0n) is 11.7. The first kappa shape index (κ1) is 14.5. The molecule has 0 unspecified atom stereocenters. The van der Waals surface area contributed by atoms with Crippen LogP contribution in [-0.4, -0.2) is 29.2 Å². The summed E-state index contributed by atoms with van der Waals surface area (Å²) in [6.07, 6.45) is 5.64. The van der Waals surface area contributed by atoms with E-state index < -0.39 is 0 Å². The Balaban J connectivity index is 1.85. The molecular formula is C14H22ClN3O. The topological polar surface area (TPSA) is 47.0 Å². The molecule has 0 radical (unpaired) electrons. The van der Waals surface area contributed by atoms with E-state index in [9.17, 15) is 0 Å². The second kappa shape index (κ2) is 7.06. The Morgan fingerprint density at radius 1 is 1.26 bits per heavy atom. The fourth-order valence-corrected chi connectivity index (χ4v) is 2.50. The Labute approximate surface area is 119 Å². The van der Waals surface area contributed by atoms with Gasteiger partial charge in [0.2, 0.25) is 5.95 Å². The first-order chi connectivity index (χ1) is 9.16. The molecule has 4 nitrogen and oxygen atoms in total. The predicted molar refractivity (Wildman–Crippen MR) is 77.9 cm³/mol. The number of hydrogen-bond donors (Lipinski definition) is 1. The number of ether oxygens (including phenoxy) is 1. The van der Waals surface area contributed by atoms with Crippen molar-refractivity contribution >= 4 is 17.5 Å². The number of aromatic nitrogens is 2. The number of nitrogens with zero attached hydrogens (tertiary/aromatic N) is 2. The van der Waals surface area contributed by atoms with Gasteiger partial charge in [0.15, 0.2) is 0 Å². The van der Waals surface area contributed by atoms with Crippen molar-refractivity contribution in [2.75, 3.05) is 18.5 Å². The fourth-order valence-electron chi connectivity index (χ4n) is 2.22. The lowest BCUT2D eigenvalue weighted by Crippen LogP contribution is -2.14. The molecule has 0 amide bonds. The van der Waals surface area contributed by atoms with E-state index in [4.69, 9.17) is 16.3 Å². The quantitative estimate of drug-likeness (QED) is 0.643. The van der Waals surface area contributed by atoms with Gasteiger partial charge in [0, 0.05) is 18.7 Å². The smallest absolute Gasteiger partial charge is 0.224 e. The van der Waals surface area contributed by atoms with E-state index >= 15 is 0 Å². The molecule has 1 aromatic rings. The lowest BCUT2D eigenvalue weighted by Gasteiger charge is -2.16. The van der Waals surface area contributed by atoms with Crippen LogP contribution in [0.5, 0.6) is 0 Å².